The predicted octanol–water partition coefficient (Wildman–Crippen LogP) is 4.05. The second-order valence-corrected chi connectivity index (χ2v) is 5.35. The van der Waals surface area contributed by atoms with Gasteiger partial charge >= 0.3 is 0 Å². The highest BCUT2D eigenvalue weighted by Crippen LogP contribution is 2.22. The minimum Gasteiger partial charge on any atom is -0.462 e. The normalized spacial score (nSPS) is 16.1. The van der Waals surface area contributed by atoms with Gasteiger partial charge in [-0.05, 0) is 42.8 Å². The molecule has 4 heteroatoms. The van der Waals surface area contributed by atoms with Gasteiger partial charge in [0, 0.05) is 31.6 Å². The van der Waals surface area contributed by atoms with Gasteiger partial charge in [0.25, 0.3) is 0 Å². The molecule has 1 aromatic rings. The third-order valence-corrected chi connectivity index (χ3v) is 3.36. The van der Waals surface area contributed by atoms with Crippen LogP contribution in [0.5, 0.6) is 0 Å². The van der Waals surface area contributed by atoms with Gasteiger partial charge in [0.15, 0.2) is 0 Å². The average Bonchev–Trinajstić information content (AvgIpc) is 2.54. The SMILES string of the molecule is CC1=C/C(=C(/C#N)C=N)C=C(/C=C/c2ccc(N(C)C)cc2)O1. The minimum absolute atomic E-state index is 0.314. The molecule has 1 N–H and O–H groups in total. The van der Waals surface area contributed by atoms with E-state index in [1.54, 1.807) is 12.2 Å². The number of nitrogens with zero attached hydrogens (tertiary/aromatic N) is 2. The molecular weight excluding hydrogens is 286 g/mol. The maximum absolute atomic E-state index is 9.05. The van der Waals surface area contributed by atoms with Crippen molar-refractivity contribution >= 4 is 18.0 Å². The van der Waals surface area contributed by atoms with E-state index < -0.39 is 0 Å². The van der Waals surface area contributed by atoms with E-state index >= 15 is 0 Å². The van der Waals surface area contributed by atoms with Gasteiger partial charge < -0.3 is 15.0 Å². The lowest BCUT2D eigenvalue weighted by atomic mass is 10.1. The molecule has 0 fully saturated rings. The summed E-state index contributed by atoms with van der Waals surface area (Å²) in [6, 6.07) is 10.2. The highest BCUT2D eigenvalue weighted by atomic mass is 16.5. The fraction of sp³-hybridized carbons (Fsp3) is 0.158. The fourth-order valence-corrected chi connectivity index (χ4v) is 2.14. The summed E-state index contributed by atoms with van der Waals surface area (Å²) in [4.78, 5) is 2.05. The van der Waals surface area contributed by atoms with Crippen LogP contribution in [0.2, 0.25) is 0 Å². The van der Waals surface area contributed by atoms with Crippen molar-refractivity contribution in [2.24, 2.45) is 0 Å². The molecule has 0 radical (unpaired) electrons. The first-order chi connectivity index (χ1) is 11.0. The smallest absolute Gasteiger partial charge is 0.127 e. The molecule has 116 valence electrons. The molecule has 2 rings (SSSR count). The van der Waals surface area contributed by atoms with E-state index in [4.69, 9.17) is 15.4 Å². The second kappa shape index (κ2) is 7.28. The molecule has 1 aliphatic rings. The summed E-state index contributed by atoms with van der Waals surface area (Å²) in [6.45, 7) is 1.83. The summed E-state index contributed by atoms with van der Waals surface area (Å²) in [5.74, 6) is 1.34. The second-order valence-electron chi connectivity index (χ2n) is 5.35. The van der Waals surface area contributed by atoms with Crippen molar-refractivity contribution in [3.8, 4) is 6.07 Å². The maximum Gasteiger partial charge on any atom is 0.127 e. The molecule has 0 aliphatic carbocycles. The summed E-state index contributed by atoms with van der Waals surface area (Å²) in [5, 5.41) is 16.3. The Morgan fingerprint density at radius 1 is 1.17 bits per heavy atom. The Morgan fingerprint density at radius 3 is 2.43 bits per heavy atom. The first kappa shape index (κ1) is 16.3. The fourth-order valence-electron chi connectivity index (χ4n) is 2.14. The molecular formula is C19H19N3O. The molecule has 1 aromatic carbocycles. The molecule has 0 saturated carbocycles. The number of benzene rings is 1. The summed E-state index contributed by atoms with van der Waals surface area (Å²) in [5.41, 5.74) is 3.21. The molecule has 0 spiro atoms. The molecule has 0 unspecified atom stereocenters. The van der Waals surface area contributed by atoms with Gasteiger partial charge in [0.2, 0.25) is 0 Å². The summed E-state index contributed by atoms with van der Waals surface area (Å²) in [7, 11) is 4.01. The Balaban J connectivity index is 2.24. The Morgan fingerprint density at radius 2 is 1.87 bits per heavy atom. The third-order valence-electron chi connectivity index (χ3n) is 3.36. The van der Waals surface area contributed by atoms with Crippen molar-refractivity contribution in [2.45, 2.75) is 6.92 Å². The van der Waals surface area contributed by atoms with E-state index in [0.717, 1.165) is 17.5 Å². The van der Waals surface area contributed by atoms with E-state index in [1.165, 1.54) is 0 Å². The lowest BCUT2D eigenvalue weighted by molar-refractivity contribution is 0.318. The number of hydrogen-bond acceptors (Lipinski definition) is 4. The molecule has 1 aliphatic heterocycles. The number of hydrogen-bond donors (Lipinski definition) is 1. The summed E-state index contributed by atoms with van der Waals surface area (Å²) >= 11 is 0. The molecule has 4 nitrogen and oxygen atoms in total. The molecule has 0 atom stereocenters. The van der Waals surface area contributed by atoms with Crippen molar-refractivity contribution in [2.75, 3.05) is 19.0 Å². The van der Waals surface area contributed by atoms with Gasteiger partial charge in [0.1, 0.15) is 17.6 Å². The monoisotopic (exact) mass is 305 g/mol. The van der Waals surface area contributed by atoms with Crippen LogP contribution in [0, 0.1) is 16.7 Å². The third kappa shape index (κ3) is 4.21. The summed E-state index contributed by atoms with van der Waals surface area (Å²) < 4.78 is 5.65. The van der Waals surface area contributed by atoms with Gasteiger partial charge in [-0.15, -0.1) is 0 Å². The molecule has 0 aromatic heterocycles. The van der Waals surface area contributed by atoms with Crippen molar-refractivity contribution in [1.29, 1.82) is 10.7 Å². The van der Waals surface area contributed by atoms with Crippen LogP contribution in [0.3, 0.4) is 0 Å². The molecule has 23 heavy (non-hydrogen) atoms. The standard InChI is InChI=1S/C19H19N3O/c1-14-10-16(17(12-20)13-21)11-19(23-14)9-6-15-4-7-18(8-5-15)22(2)3/h4-12,20H,1-3H3/b9-6+,17-16-,20-12?. The molecule has 1 heterocycles. The van der Waals surface area contributed by atoms with Crippen LogP contribution in [0.4, 0.5) is 5.69 Å². The Kier molecular flexibility index (Phi) is 5.16. The highest BCUT2D eigenvalue weighted by Gasteiger charge is 2.09. The van der Waals surface area contributed by atoms with Crippen molar-refractivity contribution < 1.29 is 4.74 Å². The highest BCUT2D eigenvalue weighted by molar-refractivity contribution is 5.84. The average molecular weight is 305 g/mol. The number of nitriles is 1. The quantitative estimate of drug-likeness (QED) is 0.674. The maximum atomic E-state index is 9.05. The van der Waals surface area contributed by atoms with Gasteiger partial charge in [0.05, 0.1) is 5.57 Å². The van der Waals surface area contributed by atoms with Crippen molar-refractivity contribution in [1.82, 2.24) is 0 Å². The predicted molar refractivity (Wildman–Crippen MR) is 94.2 cm³/mol. The van der Waals surface area contributed by atoms with Crippen molar-refractivity contribution in [3.05, 3.63) is 70.7 Å². The lowest BCUT2D eigenvalue weighted by Crippen LogP contribution is -2.07. The minimum atomic E-state index is 0.314. The van der Waals surface area contributed by atoms with Gasteiger partial charge in [-0.1, -0.05) is 18.2 Å². The Labute approximate surface area is 136 Å². The van der Waals surface area contributed by atoms with Gasteiger partial charge in [-0.25, -0.2) is 0 Å². The van der Waals surface area contributed by atoms with E-state index in [0.29, 0.717) is 22.7 Å². The van der Waals surface area contributed by atoms with Crippen LogP contribution < -0.4 is 4.90 Å². The first-order valence-electron chi connectivity index (χ1n) is 7.21. The van der Waals surface area contributed by atoms with Gasteiger partial charge in [-0.2, -0.15) is 5.26 Å². The van der Waals surface area contributed by atoms with Crippen LogP contribution in [0.1, 0.15) is 12.5 Å². The molecule has 0 bridgehead atoms. The number of allylic oxidation sites excluding steroid dienone is 6. The van der Waals surface area contributed by atoms with Gasteiger partial charge in [-0.3, -0.25) is 0 Å². The van der Waals surface area contributed by atoms with Crippen LogP contribution in [0.15, 0.2) is 65.2 Å². The van der Waals surface area contributed by atoms with Crippen LogP contribution in [0.25, 0.3) is 6.08 Å². The number of rotatable bonds is 4. The van der Waals surface area contributed by atoms with Crippen LogP contribution >= 0.6 is 0 Å². The van der Waals surface area contributed by atoms with E-state index in [-0.39, 0.29) is 0 Å². The van der Waals surface area contributed by atoms with Crippen molar-refractivity contribution in [3.63, 3.8) is 0 Å². The number of nitrogens with one attached hydrogen (secondary N) is 1. The zero-order valence-corrected chi connectivity index (χ0v) is 13.5. The lowest BCUT2D eigenvalue weighted by Gasteiger charge is -2.14. The Hall–Kier alpha value is -3.06. The number of anilines is 1. The largest absolute Gasteiger partial charge is 0.462 e. The zero-order valence-electron chi connectivity index (χ0n) is 13.5. The Bertz CT molecular complexity index is 757. The topological polar surface area (TPSA) is 60.1 Å². The van der Waals surface area contributed by atoms with E-state index in [2.05, 4.69) is 12.1 Å². The zero-order chi connectivity index (χ0) is 16.8. The van der Waals surface area contributed by atoms with Crippen LogP contribution in [-0.4, -0.2) is 20.3 Å². The first-order valence-corrected chi connectivity index (χ1v) is 7.21. The van der Waals surface area contributed by atoms with Crippen LogP contribution in [-0.2, 0) is 4.74 Å². The molecule has 0 amide bonds. The molecule has 0 saturated heterocycles. The summed E-state index contributed by atoms with van der Waals surface area (Å²) in [6.07, 6.45) is 8.40. The van der Waals surface area contributed by atoms with E-state index in [9.17, 15) is 0 Å². The van der Waals surface area contributed by atoms with E-state index in [1.807, 2.05) is 56.3 Å². The number of ether oxygens (including phenoxy) is 1.